The zero-order valence-electron chi connectivity index (χ0n) is 13.9. The number of esters is 1. The largest absolute Gasteiger partial charge is 0.493 e. The topological polar surface area (TPSA) is 55.8 Å². The summed E-state index contributed by atoms with van der Waals surface area (Å²) in [6.07, 6.45) is 0. The van der Waals surface area contributed by atoms with Gasteiger partial charge >= 0.3 is 11.9 Å². The molecule has 0 radical (unpaired) electrons. The zero-order chi connectivity index (χ0) is 17.2. The van der Waals surface area contributed by atoms with E-state index in [1.807, 2.05) is 12.1 Å². The van der Waals surface area contributed by atoms with E-state index in [1.165, 1.54) is 12.0 Å². The molecule has 1 amide bonds. The predicted molar refractivity (Wildman–Crippen MR) is 87.7 cm³/mol. The third-order valence-corrected chi connectivity index (χ3v) is 4.06. The van der Waals surface area contributed by atoms with Crippen LogP contribution in [0.15, 0.2) is 18.2 Å². The number of halogens is 1. The van der Waals surface area contributed by atoms with Gasteiger partial charge in [-0.05, 0) is 23.6 Å². The normalized spacial score (nSPS) is 15.1. The molecule has 1 aliphatic heterocycles. The Morgan fingerprint density at radius 1 is 1.30 bits per heavy atom. The monoisotopic (exact) mass is 339 g/mol. The Labute approximate surface area is 141 Å². The van der Waals surface area contributed by atoms with E-state index in [1.54, 1.807) is 6.07 Å². The van der Waals surface area contributed by atoms with Crippen LogP contribution in [0.3, 0.4) is 0 Å². The molecule has 0 spiro atoms. The van der Waals surface area contributed by atoms with Gasteiger partial charge in [-0.2, -0.15) is 0 Å². The lowest BCUT2D eigenvalue weighted by atomic mass is 9.86. The van der Waals surface area contributed by atoms with Gasteiger partial charge in [-0.3, -0.25) is 4.79 Å². The van der Waals surface area contributed by atoms with Gasteiger partial charge in [0.05, 0.1) is 13.7 Å². The molecule has 0 N–H and O–H groups in total. The molecule has 23 heavy (non-hydrogen) atoms. The molecule has 1 aliphatic rings. The Bertz CT molecular complexity index is 603. The standard InChI is InChI=1S/C17H22ClNO4/c1-17(2,3)13-7-12(18)5-6-14(13)23-10-11-8-19(9-11)15(20)16(21)22-4/h5-7,11H,8-10H2,1-4H3. The number of benzene rings is 1. The van der Waals surface area contributed by atoms with Gasteiger partial charge in [0.15, 0.2) is 0 Å². The summed E-state index contributed by atoms with van der Waals surface area (Å²) in [4.78, 5) is 24.2. The summed E-state index contributed by atoms with van der Waals surface area (Å²) >= 11 is 6.08. The fraction of sp³-hybridized carbons (Fsp3) is 0.529. The van der Waals surface area contributed by atoms with Crippen LogP contribution in [0.2, 0.25) is 5.02 Å². The molecule has 0 saturated carbocycles. The van der Waals surface area contributed by atoms with Gasteiger partial charge in [0.1, 0.15) is 5.75 Å². The molecule has 1 heterocycles. The smallest absolute Gasteiger partial charge is 0.396 e. The molecule has 5 nitrogen and oxygen atoms in total. The van der Waals surface area contributed by atoms with E-state index >= 15 is 0 Å². The molecular weight excluding hydrogens is 318 g/mol. The number of likely N-dealkylation sites (tertiary alicyclic amines) is 1. The predicted octanol–water partition coefficient (Wildman–Crippen LogP) is 2.65. The van der Waals surface area contributed by atoms with Crippen molar-refractivity contribution in [1.82, 2.24) is 4.90 Å². The Balaban J connectivity index is 1.92. The minimum absolute atomic E-state index is 0.0767. The number of hydrogen-bond acceptors (Lipinski definition) is 4. The zero-order valence-corrected chi connectivity index (χ0v) is 14.6. The SMILES string of the molecule is COC(=O)C(=O)N1CC(COc2ccc(Cl)cc2C(C)(C)C)C1. The molecule has 2 rings (SSSR count). The molecule has 6 heteroatoms. The number of ether oxygens (including phenoxy) is 2. The van der Waals surface area contributed by atoms with Crippen molar-refractivity contribution in [2.75, 3.05) is 26.8 Å². The highest BCUT2D eigenvalue weighted by atomic mass is 35.5. The third kappa shape index (κ3) is 4.16. The first-order valence-electron chi connectivity index (χ1n) is 7.52. The van der Waals surface area contributed by atoms with Gasteiger partial charge in [0.2, 0.25) is 0 Å². The maximum Gasteiger partial charge on any atom is 0.396 e. The molecule has 1 fully saturated rings. The fourth-order valence-electron chi connectivity index (χ4n) is 2.48. The number of rotatable bonds is 3. The number of methoxy groups -OCH3 is 1. The molecule has 0 atom stereocenters. The van der Waals surface area contributed by atoms with Crippen LogP contribution >= 0.6 is 11.6 Å². The molecule has 1 saturated heterocycles. The second-order valence-electron chi connectivity index (χ2n) is 6.77. The van der Waals surface area contributed by atoms with Crippen molar-refractivity contribution in [1.29, 1.82) is 0 Å². The Morgan fingerprint density at radius 2 is 1.96 bits per heavy atom. The minimum atomic E-state index is -0.822. The minimum Gasteiger partial charge on any atom is -0.493 e. The van der Waals surface area contributed by atoms with E-state index in [2.05, 4.69) is 25.5 Å². The van der Waals surface area contributed by atoms with E-state index in [-0.39, 0.29) is 11.3 Å². The van der Waals surface area contributed by atoms with Crippen molar-refractivity contribution in [3.8, 4) is 5.75 Å². The second kappa shape index (κ2) is 6.79. The summed E-state index contributed by atoms with van der Waals surface area (Å²) < 4.78 is 10.3. The summed E-state index contributed by atoms with van der Waals surface area (Å²) in [5.41, 5.74) is 0.971. The van der Waals surface area contributed by atoms with Gasteiger partial charge < -0.3 is 14.4 Å². The number of hydrogen-bond donors (Lipinski definition) is 0. The fourth-order valence-corrected chi connectivity index (χ4v) is 2.65. The summed E-state index contributed by atoms with van der Waals surface area (Å²) in [6, 6.07) is 5.60. The van der Waals surface area contributed by atoms with E-state index < -0.39 is 11.9 Å². The lowest BCUT2D eigenvalue weighted by molar-refractivity contribution is -0.162. The summed E-state index contributed by atoms with van der Waals surface area (Å²) in [5, 5.41) is 0.681. The second-order valence-corrected chi connectivity index (χ2v) is 7.21. The Kier molecular flexibility index (Phi) is 5.19. The van der Waals surface area contributed by atoms with Crippen LogP contribution in [0.1, 0.15) is 26.3 Å². The first-order chi connectivity index (χ1) is 10.7. The van der Waals surface area contributed by atoms with Crippen molar-refractivity contribution in [2.24, 2.45) is 5.92 Å². The van der Waals surface area contributed by atoms with E-state index in [0.717, 1.165) is 11.3 Å². The van der Waals surface area contributed by atoms with E-state index in [9.17, 15) is 9.59 Å². The van der Waals surface area contributed by atoms with Crippen LogP contribution < -0.4 is 4.74 Å². The van der Waals surface area contributed by atoms with Crippen molar-refractivity contribution >= 4 is 23.5 Å². The molecule has 1 aromatic rings. The third-order valence-electron chi connectivity index (χ3n) is 3.83. The van der Waals surface area contributed by atoms with E-state index in [4.69, 9.17) is 16.3 Å². The molecule has 0 bridgehead atoms. The van der Waals surface area contributed by atoms with Gasteiger partial charge in [0.25, 0.3) is 0 Å². The highest BCUT2D eigenvalue weighted by molar-refractivity contribution is 6.32. The average molecular weight is 340 g/mol. The van der Waals surface area contributed by atoms with Crippen LogP contribution in [0, 0.1) is 5.92 Å². The van der Waals surface area contributed by atoms with Crippen molar-refractivity contribution in [3.63, 3.8) is 0 Å². The van der Waals surface area contributed by atoms with Crippen LogP contribution in [0.25, 0.3) is 0 Å². The first-order valence-corrected chi connectivity index (χ1v) is 7.90. The van der Waals surface area contributed by atoms with Crippen LogP contribution in [0.4, 0.5) is 0 Å². The Morgan fingerprint density at radius 3 is 2.52 bits per heavy atom. The number of amides is 1. The van der Waals surface area contributed by atoms with Crippen molar-refractivity contribution in [2.45, 2.75) is 26.2 Å². The van der Waals surface area contributed by atoms with Gasteiger partial charge in [-0.1, -0.05) is 32.4 Å². The number of carbonyl (C=O) groups excluding carboxylic acids is 2. The van der Waals surface area contributed by atoms with Gasteiger partial charge in [-0.15, -0.1) is 0 Å². The maximum absolute atomic E-state index is 11.6. The molecule has 0 aromatic heterocycles. The molecule has 1 aromatic carbocycles. The van der Waals surface area contributed by atoms with E-state index in [0.29, 0.717) is 24.7 Å². The van der Waals surface area contributed by atoms with Crippen LogP contribution in [0.5, 0.6) is 5.75 Å². The van der Waals surface area contributed by atoms with Crippen molar-refractivity contribution < 1.29 is 19.1 Å². The Hall–Kier alpha value is -1.75. The number of carbonyl (C=O) groups is 2. The van der Waals surface area contributed by atoms with Gasteiger partial charge in [-0.25, -0.2) is 4.79 Å². The maximum atomic E-state index is 11.6. The quantitative estimate of drug-likeness (QED) is 0.627. The van der Waals surface area contributed by atoms with Crippen LogP contribution in [-0.4, -0.2) is 43.6 Å². The van der Waals surface area contributed by atoms with Gasteiger partial charge in [0, 0.05) is 29.6 Å². The molecular formula is C17H22ClNO4. The summed E-state index contributed by atoms with van der Waals surface area (Å²) in [5.74, 6) is -0.394. The summed E-state index contributed by atoms with van der Waals surface area (Å²) in [6.45, 7) is 7.82. The summed E-state index contributed by atoms with van der Waals surface area (Å²) in [7, 11) is 1.20. The first kappa shape index (κ1) is 17.6. The lowest BCUT2D eigenvalue weighted by Crippen LogP contribution is -2.54. The average Bonchev–Trinajstić information content (AvgIpc) is 2.44. The highest BCUT2D eigenvalue weighted by Gasteiger charge is 2.35. The number of nitrogens with zero attached hydrogens (tertiary/aromatic N) is 1. The van der Waals surface area contributed by atoms with Crippen molar-refractivity contribution in [3.05, 3.63) is 28.8 Å². The van der Waals surface area contributed by atoms with Crippen LogP contribution in [-0.2, 0) is 19.7 Å². The highest BCUT2D eigenvalue weighted by Crippen LogP contribution is 2.34. The molecule has 0 aliphatic carbocycles. The molecule has 0 unspecified atom stereocenters. The molecule has 126 valence electrons. The lowest BCUT2D eigenvalue weighted by Gasteiger charge is -2.38.